The number of halogens is 2. The molecule has 0 aliphatic carbocycles. The van der Waals surface area contributed by atoms with Crippen LogP contribution in [0.15, 0.2) is 18.2 Å². The van der Waals surface area contributed by atoms with Crippen LogP contribution in [0, 0.1) is 0 Å². The molecule has 1 saturated heterocycles. The Kier molecular flexibility index (Phi) is 7.15. The van der Waals surface area contributed by atoms with E-state index < -0.39 is 11.7 Å². The van der Waals surface area contributed by atoms with Crippen molar-refractivity contribution in [2.45, 2.75) is 45.3 Å². The van der Waals surface area contributed by atoms with Crippen molar-refractivity contribution in [2.75, 3.05) is 25.0 Å². The van der Waals surface area contributed by atoms with Crippen LogP contribution in [0.5, 0.6) is 0 Å². The van der Waals surface area contributed by atoms with E-state index in [0.717, 1.165) is 25.9 Å². The van der Waals surface area contributed by atoms with Gasteiger partial charge in [-0.05, 0) is 51.8 Å². The van der Waals surface area contributed by atoms with Crippen molar-refractivity contribution in [3.05, 3.63) is 28.2 Å². The molecule has 2 rings (SSSR count). The number of alkyl carbamates (subject to hydrolysis) is 1. The van der Waals surface area contributed by atoms with Crippen LogP contribution in [0.2, 0.25) is 10.0 Å². The van der Waals surface area contributed by atoms with Crippen molar-refractivity contribution in [3.8, 4) is 0 Å². The number of benzene rings is 1. The number of piperidine rings is 1. The molecule has 8 heteroatoms. The Morgan fingerprint density at radius 3 is 2.46 bits per heavy atom. The molecule has 1 heterocycles. The van der Waals surface area contributed by atoms with E-state index in [4.69, 9.17) is 27.9 Å². The summed E-state index contributed by atoms with van der Waals surface area (Å²) in [4.78, 5) is 26.1. The highest BCUT2D eigenvalue weighted by Crippen LogP contribution is 2.25. The summed E-state index contributed by atoms with van der Waals surface area (Å²) in [6, 6.07) is 5.01. The Balaban J connectivity index is 1.74. The van der Waals surface area contributed by atoms with Crippen molar-refractivity contribution in [2.24, 2.45) is 0 Å². The van der Waals surface area contributed by atoms with Crippen LogP contribution in [0.4, 0.5) is 10.5 Å². The van der Waals surface area contributed by atoms with Gasteiger partial charge in [-0.25, -0.2) is 4.79 Å². The van der Waals surface area contributed by atoms with Gasteiger partial charge in [0.05, 0.1) is 17.3 Å². The van der Waals surface area contributed by atoms with Gasteiger partial charge in [0, 0.05) is 24.2 Å². The maximum absolute atomic E-state index is 12.2. The zero-order chi connectivity index (χ0) is 19.3. The third-order valence-electron chi connectivity index (χ3n) is 3.88. The minimum absolute atomic E-state index is 0.0647. The summed E-state index contributed by atoms with van der Waals surface area (Å²) in [6.07, 6.45) is 1.15. The van der Waals surface area contributed by atoms with Gasteiger partial charge in [0.15, 0.2) is 0 Å². The number of nitrogens with one attached hydrogen (secondary N) is 2. The van der Waals surface area contributed by atoms with Gasteiger partial charge in [-0.1, -0.05) is 23.2 Å². The third-order valence-corrected chi connectivity index (χ3v) is 4.43. The summed E-state index contributed by atoms with van der Waals surface area (Å²) in [6.45, 7) is 7.23. The van der Waals surface area contributed by atoms with E-state index in [1.54, 1.807) is 18.2 Å². The van der Waals surface area contributed by atoms with Crippen molar-refractivity contribution < 1.29 is 14.3 Å². The Morgan fingerprint density at radius 2 is 1.88 bits per heavy atom. The molecule has 2 N–H and O–H groups in total. The lowest BCUT2D eigenvalue weighted by molar-refractivity contribution is -0.117. The minimum Gasteiger partial charge on any atom is -0.444 e. The minimum atomic E-state index is -0.508. The number of likely N-dealkylation sites (tertiary alicyclic amines) is 1. The van der Waals surface area contributed by atoms with Crippen LogP contribution in [-0.2, 0) is 9.53 Å². The van der Waals surface area contributed by atoms with E-state index in [9.17, 15) is 9.59 Å². The molecule has 0 spiro atoms. The van der Waals surface area contributed by atoms with Crippen molar-refractivity contribution in [3.63, 3.8) is 0 Å². The molecule has 1 aromatic carbocycles. The fourth-order valence-electron chi connectivity index (χ4n) is 2.69. The first-order chi connectivity index (χ1) is 12.1. The van der Waals surface area contributed by atoms with Gasteiger partial charge in [0.1, 0.15) is 5.60 Å². The van der Waals surface area contributed by atoms with E-state index in [1.807, 2.05) is 25.7 Å². The smallest absolute Gasteiger partial charge is 0.407 e. The van der Waals surface area contributed by atoms with Crippen molar-refractivity contribution in [1.29, 1.82) is 0 Å². The predicted molar refractivity (Wildman–Crippen MR) is 104 cm³/mol. The van der Waals surface area contributed by atoms with E-state index in [0.29, 0.717) is 15.7 Å². The monoisotopic (exact) mass is 401 g/mol. The molecule has 0 aromatic heterocycles. The van der Waals surface area contributed by atoms with Crippen molar-refractivity contribution >= 4 is 40.9 Å². The molecule has 0 saturated carbocycles. The van der Waals surface area contributed by atoms with Gasteiger partial charge in [-0.2, -0.15) is 0 Å². The molecule has 0 atom stereocenters. The summed E-state index contributed by atoms with van der Waals surface area (Å²) in [7, 11) is 0. The SMILES string of the molecule is CC(C)(C)OC(=O)NC1CCN(CC(=O)Nc2ccc(Cl)cc2Cl)CC1. The zero-order valence-corrected chi connectivity index (χ0v) is 16.8. The molecule has 1 aliphatic heterocycles. The van der Waals surface area contributed by atoms with Crippen LogP contribution < -0.4 is 10.6 Å². The maximum atomic E-state index is 12.2. The number of hydrogen-bond acceptors (Lipinski definition) is 4. The van der Waals surface area contributed by atoms with Crippen LogP contribution >= 0.6 is 23.2 Å². The molecule has 6 nitrogen and oxygen atoms in total. The highest BCUT2D eigenvalue weighted by Gasteiger charge is 2.24. The second kappa shape index (κ2) is 8.93. The molecular weight excluding hydrogens is 377 g/mol. The standard InChI is InChI=1S/C18H25Cl2N3O3/c1-18(2,3)26-17(25)21-13-6-8-23(9-7-13)11-16(24)22-15-5-4-12(19)10-14(15)20/h4-5,10,13H,6-9,11H2,1-3H3,(H,21,25)(H,22,24). The van der Waals surface area contributed by atoms with Crippen molar-refractivity contribution in [1.82, 2.24) is 10.2 Å². The van der Waals surface area contributed by atoms with Crippen LogP contribution in [0.25, 0.3) is 0 Å². The largest absolute Gasteiger partial charge is 0.444 e. The Labute approximate surface area is 164 Å². The highest BCUT2D eigenvalue weighted by atomic mass is 35.5. The van der Waals surface area contributed by atoms with E-state index in [-0.39, 0.29) is 18.5 Å². The second-order valence-corrected chi connectivity index (χ2v) is 8.21. The molecule has 1 aliphatic rings. The Hall–Kier alpha value is -1.50. The quantitative estimate of drug-likeness (QED) is 0.801. The van der Waals surface area contributed by atoms with Crippen LogP contribution in [0.1, 0.15) is 33.6 Å². The number of anilines is 1. The molecule has 1 fully saturated rings. The molecule has 144 valence electrons. The number of hydrogen-bond donors (Lipinski definition) is 2. The molecule has 0 radical (unpaired) electrons. The molecule has 2 amide bonds. The predicted octanol–water partition coefficient (Wildman–Crippen LogP) is 3.92. The van der Waals surface area contributed by atoms with Gasteiger partial charge in [0.2, 0.25) is 5.91 Å². The first-order valence-electron chi connectivity index (χ1n) is 8.59. The number of carbonyl (C=O) groups excluding carboxylic acids is 2. The summed E-state index contributed by atoms with van der Waals surface area (Å²) in [5, 5.41) is 6.61. The second-order valence-electron chi connectivity index (χ2n) is 7.37. The van der Waals surface area contributed by atoms with Gasteiger partial charge >= 0.3 is 6.09 Å². The highest BCUT2D eigenvalue weighted by molar-refractivity contribution is 6.36. The summed E-state index contributed by atoms with van der Waals surface area (Å²) in [5.74, 6) is -0.132. The molecule has 0 unspecified atom stereocenters. The lowest BCUT2D eigenvalue weighted by atomic mass is 10.1. The zero-order valence-electron chi connectivity index (χ0n) is 15.3. The molecular formula is C18H25Cl2N3O3. The van der Waals surface area contributed by atoms with Gasteiger partial charge in [-0.3, -0.25) is 9.69 Å². The average molecular weight is 402 g/mol. The van der Waals surface area contributed by atoms with Crippen LogP contribution in [-0.4, -0.2) is 48.2 Å². The van der Waals surface area contributed by atoms with E-state index in [2.05, 4.69) is 10.6 Å². The molecule has 1 aromatic rings. The number of amides is 2. The number of carbonyl (C=O) groups is 2. The first kappa shape index (κ1) is 20.8. The van der Waals surface area contributed by atoms with Gasteiger partial charge in [0.25, 0.3) is 0 Å². The average Bonchev–Trinajstić information content (AvgIpc) is 2.50. The normalized spacial score (nSPS) is 16.2. The summed E-state index contributed by atoms with van der Waals surface area (Å²) < 4.78 is 5.27. The summed E-state index contributed by atoms with van der Waals surface area (Å²) in [5.41, 5.74) is 0.0359. The fourth-order valence-corrected chi connectivity index (χ4v) is 3.15. The molecule has 26 heavy (non-hydrogen) atoms. The third kappa shape index (κ3) is 7.02. The fraction of sp³-hybridized carbons (Fsp3) is 0.556. The van der Waals surface area contributed by atoms with Gasteiger partial charge < -0.3 is 15.4 Å². The van der Waals surface area contributed by atoms with E-state index in [1.165, 1.54) is 0 Å². The van der Waals surface area contributed by atoms with Gasteiger partial charge in [-0.15, -0.1) is 0 Å². The lowest BCUT2D eigenvalue weighted by Crippen LogP contribution is -2.47. The Bertz CT molecular complexity index is 654. The maximum Gasteiger partial charge on any atom is 0.407 e. The summed E-state index contributed by atoms with van der Waals surface area (Å²) >= 11 is 11.9. The lowest BCUT2D eigenvalue weighted by Gasteiger charge is -2.32. The van der Waals surface area contributed by atoms with E-state index >= 15 is 0 Å². The molecule has 0 bridgehead atoms. The topological polar surface area (TPSA) is 70.7 Å². The number of nitrogens with zero attached hydrogens (tertiary/aromatic N) is 1. The number of rotatable bonds is 4. The van der Waals surface area contributed by atoms with Crippen LogP contribution in [0.3, 0.4) is 0 Å². The first-order valence-corrected chi connectivity index (χ1v) is 9.35. The Morgan fingerprint density at radius 1 is 1.23 bits per heavy atom. The number of ether oxygens (including phenoxy) is 1.